The minimum atomic E-state index is -1.17. The van der Waals surface area contributed by atoms with Crippen molar-refractivity contribution >= 4 is 29.1 Å². The predicted molar refractivity (Wildman–Crippen MR) is 74.0 cm³/mol. The van der Waals surface area contributed by atoms with Crippen molar-refractivity contribution < 1.29 is 19.5 Å². The second kappa shape index (κ2) is 7.59. The molecule has 1 rings (SSSR count). The van der Waals surface area contributed by atoms with E-state index in [-0.39, 0.29) is 29.6 Å². The van der Waals surface area contributed by atoms with Crippen molar-refractivity contribution in [2.75, 3.05) is 19.6 Å². The van der Waals surface area contributed by atoms with Crippen molar-refractivity contribution in [3.63, 3.8) is 0 Å². The highest BCUT2D eigenvalue weighted by Crippen LogP contribution is 2.09. The Bertz CT molecular complexity index is 497. The van der Waals surface area contributed by atoms with Gasteiger partial charge in [-0.25, -0.2) is 9.78 Å². The average Bonchev–Trinajstić information content (AvgIpc) is 2.89. The van der Waals surface area contributed by atoms with Crippen molar-refractivity contribution in [1.29, 1.82) is 0 Å². The molecule has 2 N–H and O–H groups in total. The molecule has 0 aliphatic heterocycles. The van der Waals surface area contributed by atoms with E-state index in [1.54, 1.807) is 4.90 Å². The second-order valence-corrected chi connectivity index (χ2v) is 4.77. The first-order valence-electron chi connectivity index (χ1n) is 6.24. The number of hydrogen-bond donors (Lipinski definition) is 2. The van der Waals surface area contributed by atoms with E-state index < -0.39 is 11.9 Å². The minimum Gasteiger partial charge on any atom is -0.476 e. The topological polar surface area (TPSA) is 99.6 Å². The highest BCUT2D eigenvalue weighted by molar-refractivity contribution is 7.11. The third-order valence-electron chi connectivity index (χ3n) is 2.66. The van der Waals surface area contributed by atoms with Gasteiger partial charge in [0.25, 0.3) is 5.91 Å². The van der Waals surface area contributed by atoms with Crippen LogP contribution in [0.15, 0.2) is 5.38 Å². The van der Waals surface area contributed by atoms with Crippen LogP contribution >= 0.6 is 11.3 Å². The van der Waals surface area contributed by atoms with Crippen LogP contribution in [0.2, 0.25) is 0 Å². The molecule has 0 radical (unpaired) electrons. The molecule has 0 aliphatic rings. The van der Waals surface area contributed by atoms with Crippen LogP contribution in [0.1, 0.15) is 40.6 Å². The van der Waals surface area contributed by atoms with E-state index in [9.17, 15) is 14.4 Å². The number of carboxylic acid groups (broad SMARTS) is 1. The van der Waals surface area contributed by atoms with E-state index in [1.165, 1.54) is 5.38 Å². The van der Waals surface area contributed by atoms with Crippen LogP contribution in [0.3, 0.4) is 0 Å². The lowest BCUT2D eigenvalue weighted by molar-refractivity contribution is -0.130. The third kappa shape index (κ3) is 4.30. The zero-order valence-electron chi connectivity index (χ0n) is 11.4. The van der Waals surface area contributed by atoms with Crippen LogP contribution in [0.5, 0.6) is 0 Å². The van der Waals surface area contributed by atoms with Crippen LogP contribution < -0.4 is 5.32 Å². The molecule has 110 valence electrons. The lowest BCUT2D eigenvalue weighted by atomic mass is 10.3. The molecule has 2 amide bonds. The van der Waals surface area contributed by atoms with Gasteiger partial charge in [-0.2, -0.15) is 0 Å². The normalized spacial score (nSPS) is 10.1. The van der Waals surface area contributed by atoms with Crippen LogP contribution in [0.4, 0.5) is 0 Å². The highest BCUT2D eigenvalue weighted by Gasteiger charge is 2.15. The molecule has 1 aromatic rings. The van der Waals surface area contributed by atoms with Gasteiger partial charge in [-0.1, -0.05) is 0 Å². The number of carbonyl (C=O) groups is 3. The van der Waals surface area contributed by atoms with Gasteiger partial charge in [0.2, 0.25) is 5.91 Å². The number of aromatic carboxylic acids is 1. The van der Waals surface area contributed by atoms with Gasteiger partial charge in [-0.3, -0.25) is 9.59 Å². The number of thiazole rings is 1. The summed E-state index contributed by atoms with van der Waals surface area (Å²) in [4.78, 5) is 39.4. The third-order valence-corrected chi connectivity index (χ3v) is 3.50. The maximum atomic E-state index is 11.7. The van der Waals surface area contributed by atoms with E-state index in [4.69, 9.17) is 5.11 Å². The Morgan fingerprint density at radius 1 is 1.35 bits per heavy atom. The number of amides is 2. The number of hydrogen-bond acceptors (Lipinski definition) is 5. The van der Waals surface area contributed by atoms with Gasteiger partial charge in [-0.15, -0.1) is 11.3 Å². The molecule has 0 saturated heterocycles. The van der Waals surface area contributed by atoms with Gasteiger partial charge in [-0.05, 0) is 13.8 Å². The van der Waals surface area contributed by atoms with E-state index in [2.05, 4.69) is 10.3 Å². The number of carbonyl (C=O) groups excluding carboxylic acids is 2. The highest BCUT2D eigenvalue weighted by atomic mass is 32.1. The first-order valence-corrected chi connectivity index (χ1v) is 7.12. The first-order chi connectivity index (χ1) is 9.49. The summed E-state index contributed by atoms with van der Waals surface area (Å²) in [5.74, 6) is -1.66. The fourth-order valence-corrected chi connectivity index (χ4v) is 2.28. The van der Waals surface area contributed by atoms with Crippen LogP contribution in [0.25, 0.3) is 0 Å². The zero-order chi connectivity index (χ0) is 15.1. The Balaban J connectivity index is 2.43. The number of aromatic nitrogens is 1. The Morgan fingerprint density at radius 3 is 2.50 bits per heavy atom. The van der Waals surface area contributed by atoms with Crippen molar-refractivity contribution in [3.8, 4) is 0 Å². The molecule has 0 saturated carbocycles. The summed E-state index contributed by atoms with van der Waals surface area (Å²) >= 11 is 0.961. The molecule has 20 heavy (non-hydrogen) atoms. The van der Waals surface area contributed by atoms with Crippen LogP contribution in [0, 0.1) is 0 Å². The van der Waals surface area contributed by atoms with Gasteiger partial charge in [0.15, 0.2) is 10.7 Å². The molecule has 0 aromatic carbocycles. The van der Waals surface area contributed by atoms with Crippen molar-refractivity contribution in [3.05, 3.63) is 16.1 Å². The van der Waals surface area contributed by atoms with Gasteiger partial charge in [0, 0.05) is 31.4 Å². The summed E-state index contributed by atoms with van der Waals surface area (Å²) < 4.78 is 0. The van der Waals surface area contributed by atoms with Crippen molar-refractivity contribution in [2.45, 2.75) is 20.3 Å². The summed E-state index contributed by atoms with van der Waals surface area (Å²) in [6.45, 7) is 5.26. The molecule has 0 atom stereocenters. The van der Waals surface area contributed by atoms with E-state index >= 15 is 0 Å². The quantitative estimate of drug-likeness (QED) is 0.777. The minimum absolute atomic E-state index is 0.0272. The molecule has 0 bridgehead atoms. The number of nitrogens with zero attached hydrogens (tertiary/aromatic N) is 2. The lowest BCUT2D eigenvalue weighted by Gasteiger charge is -2.18. The molecule has 1 heterocycles. The SMILES string of the molecule is CCN(CC)C(=O)CCNC(=O)c1nc(C(=O)O)cs1. The molecule has 7 nitrogen and oxygen atoms in total. The van der Waals surface area contributed by atoms with Crippen molar-refractivity contribution in [2.24, 2.45) is 0 Å². The molecule has 1 aromatic heterocycles. The maximum Gasteiger partial charge on any atom is 0.355 e. The van der Waals surface area contributed by atoms with E-state index in [0.717, 1.165) is 11.3 Å². The first kappa shape index (κ1) is 16.1. The molecule has 0 fully saturated rings. The molecular weight excluding hydrogens is 282 g/mol. The Labute approximate surface area is 120 Å². The van der Waals surface area contributed by atoms with Gasteiger partial charge in [0.05, 0.1) is 0 Å². The Morgan fingerprint density at radius 2 is 2.00 bits per heavy atom. The molecular formula is C12H17N3O4S. The summed E-state index contributed by atoms with van der Waals surface area (Å²) in [5.41, 5.74) is -0.153. The second-order valence-electron chi connectivity index (χ2n) is 3.91. The standard InChI is InChI=1S/C12H17N3O4S/c1-3-15(4-2)9(16)5-6-13-10(17)11-14-8(7-20-11)12(18)19/h7H,3-6H2,1-2H3,(H,13,17)(H,18,19). The van der Waals surface area contributed by atoms with Crippen molar-refractivity contribution in [1.82, 2.24) is 15.2 Å². The fraction of sp³-hybridized carbons (Fsp3) is 0.500. The monoisotopic (exact) mass is 299 g/mol. The maximum absolute atomic E-state index is 11.7. The predicted octanol–water partition coefficient (Wildman–Crippen LogP) is 0.830. The molecule has 0 aliphatic carbocycles. The fourth-order valence-electron chi connectivity index (χ4n) is 1.57. The summed E-state index contributed by atoms with van der Waals surface area (Å²) in [7, 11) is 0. The number of carboxylic acids is 1. The van der Waals surface area contributed by atoms with Gasteiger partial charge < -0.3 is 15.3 Å². The number of nitrogens with one attached hydrogen (secondary N) is 1. The average molecular weight is 299 g/mol. The van der Waals surface area contributed by atoms with E-state index in [0.29, 0.717) is 13.1 Å². The van der Waals surface area contributed by atoms with Gasteiger partial charge in [0.1, 0.15) is 0 Å². The number of rotatable bonds is 7. The van der Waals surface area contributed by atoms with Crippen LogP contribution in [-0.4, -0.2) is 52.4 Å². The van der Waals surface area contributed by atoms with Gasteiger partial charge >= 0.3 is 5.97 Å². The summed E-state index contributed by atoms with van der Waals surface area (Å²) in [5, 5.41) is 12.6. The largest absolute Gasteiger partial charge is 0.476 e. The molecule has 8 heteroatoms. The lowest BCUT2D eigenvalue weighted by Crippen LogP contribution is -2.34. The Kier molecular flexibility index (Phi) is 6.10. The summed E-state index contributed by atoms with van der Waals surface area (Å²) in [6, 6.07) is 0. The smallest absolute Gasteiger partial charge is 0.355 e. The summed E-state index contributed by atoms with van der Waals surface area (Å²) in [6.07, 6.45) is 0.213. The molecule has 0 unspecified atom stereocenters. The molecule has 0 spiro atoms. The Hall–Kier alpha value is -1.96. The van der Waals surface area contributed by atoms with E-state index in [1.807, 2.05) is 13.8 Å². The zero-order valence-corrected chi connectivity index (χ0v) is 12.2. The van der Waals surface area contributed by atoms with Crippen LogP contribution in [-0.2, 0) is 4.79 Å².